The third-order valence-corrected chi connectivity index (χ3v) is 5.02. The molecule has 2 aromatic rings. The van der Waals surface area contributed by atoms with Gasteiger partial charge in [0.1, 0.15) is 0 Å². The van der Waals surface area contributed by atoms with Crippen LogP contribution >= 0.6 is 22.7 Å². The second-order valence-corrected chi connectivity index (χ2v) is 6.45. The van der Waals surface area contributed by atoms with Gasteiger partial charge in [0.2, 0.25) is 0 Å². The molecule has 2 aromatic heterocycles. The Morgan fingerprint density at radius 1 is 0.955 bits per heavy atom. The third kappa shape index (κ3) is 3.75. The standard InChI is InChI=1S/C16H18O4S2/c1-3-19-15(17)14(16(18)20-4-2)13(11-7-5-9-21-11)12-8-6-10-22-12/h5-10,13-14H,3-4H2,1-2H3. The first kappa shape index (κ1) is 16.7. The van der Waals surface area contributed by atoms with Crippen molar-refractivity contribution in [1.82, 2.24) is 0 Å². The van der Waals surface area contributed by atoms with Crippen LogP contribution in [-0.2, 0) is 19.1 Å². The number of hydrogen-bond acceptors (Lipinski definition) is 6. The summed E-state index contributed by atoms with van der Waals surface area (Å²) in [6.07, 6.45) is 0. The molecule has 0 aromatic carbocycles. The van der Waals surface area contributed by atoms with E-state index in [0.717, 1.165) is 9.75 Å². The minimum Gasteiger partial charge on any atom is -0.465 e. The lowest BCUT2D eigenvalue weighted by atomic mass is 9.89. The molecule has 0 saturated carbocycles. The quantitative estimate of drug-likeness (QED) is 0.571. The molecule has 2 rings (SSSR count). The highest BCUT2D eigenvalue weighted by Gasteiger charge is 2.40. The van der Waals surface area contributed by atoms with Crippen molar-refractivity contribution in [3.05, 3.63) is 44.8 Å². The number of carbonyl (C=O) groups excluding carboxylic acids is 2. The summed E-state index contributed by atoms with van der Waals surface area (Å²) in [5.41, 5.74) is 0. The lowest BCUT2D eigenvalue weighted by Gasteiger charge is -2.22. The fourth-order valence-corrected chi connectivity index (χ4v) is 4.07. The van der Waals surface area contributed by atoms with Crippen LogP contribution in [-0.4, -0.2) is 25.2 Å². The number of esters is 2. The Balaban J connectivity index is 2.43. The lowest BCUT2D eigenvalue weighted by Crippen LogP contribution is -2.33. The Hall–Kier alpha value is -1.66. The molecule has 0 N–H and O–H groups in total. The van der Waals surface area contributed by atoms with E-state index in [4.69, 9.17) is 9.47 Å². The zero-order chi connectivity index (χ0) is 15.9. The van der Waals surface area contributed by atoms with Crippen LogP contribution in [0.1, 0.15) is 29.5 Å². The summed E-state index contributed by atoms with van der Waals surface area (Å²) in [7, 11) is 0. The number of thiophene rings is 2. The van der Waals surface area contributed by atoms with Gasteiger partial charge in [-0.25, -0.2) is 0 Å². The van der Waals surface area contributed by atoms with Gasteiger partial charge in [-0.3, -0.25) is 9.59 Å². The number of rotatable bonds is 7. The first-order valence-corrected chi connectivity index (χ1v) is 8.85. The van der Waals surface area contributed by atoms with Crippen LogP contribution in [0.25, 0.3) is 0 Å². The minimum atomic E-state index is -0.975. The van der Waals surface area contributed by atoms with Gasteiger partial charge in [0, 0.05) is 9.75 Å². The summed E-state index contributed by atoms with van der Waals surface area (Å²) < 4.78 is 10.2. The van der Waals surface area contributed by atoms with E-state index in [1.165, 1.54) is 22.7 Å². The van der Waals surface area contributed by atoms with Gasteiger partial charge >= 0.3 is 11.9 Å². The second-order valence-electron chi connectivity index (χ2n) is 4.49. The molecule has 0 fully saturated rings. The molecule has 2 heterocycles. The topological polar surface area (TPSA) is 52.6 Å². The van der Waals surface area contributed by atoms with Crippen LogP contribution in [0.5, 0.6) is 0 Å². The maximum absolute atomic E-state index is 12.4. The molecule has 22 heavy (non-hydrogen) atoms. The Labute approximate surface area is 137 Å². The van der Waals surface area contributed by atoms with Crippen molar-refractivity contribution < 1.29 is 19.1 Å². The molecular formula is C16H18O4S2. The van der Waals surface area contributed by atoms with Crippen LogP contribution in [0.15, 0.2) is 35.0 Å². The smallest absolute Gasteiger partial charge is 0.321 e. The summed E-state index contributed by atoms with van der Waals surface area (Å²) in [5.74, 6) is -2.41. The van der Waals surface area contributed by atoms with Crippen LogP contribution in [0, 0.1) is 5.92 Å². The maximum Gasteiger partial charge on any atom is 0.321 e. The predicted molar refractivity (Wildman–Crippen MR) is 87.2 cm³/mol. The zero-order valence-corrected chi connectivity index (χ0v) is 14.1. The van der Waals surface area contributed by atoms with Crippen molar-refractivity contribution in [3.63, 3.8) is 0 Å². The summed E-state index contributed by atoms with van der Waals surface area (Å²) in [6, 6.07) is 7.68. The van der Waals surface area contributed by atoms with E-state index in [1.807, 2.05) is 35.0 Å². The number of hydrogen-bond donors (Lipinski definition) is 0. The molecule has 118 valence electrons. The molecule has 0 atom stereocenters. The summed E-state index contributed by atoms with van der Waals surface area (Å²) in [6.45, 7) is 3.92. The number of carbonyl (C=O) groups is 2. The van der Waals surface area contributed by atoms with E-state index >= 15 is 0 Å². The Morgan fingerprint density at radius 3 is 1.73 bits per heavy atom. The zero-order valence-electron chi connectivity index (χ0n) is 12.5. The van der Waals surface area contributed by atoms with Crippen molar-refractivity contribution in [2.75, 3.05) is 13.2 Å². The van der Waals surface area contributed by atoms with E-state index in [9.17, 15) is 9.59 Å². The molecule has 0 spiro atoms. The van der Waals surface area contributed by atoms with E-state index in [1.54, 1.807) is 13.8 Å². The summed E-state index contributed by atoms with van der Waals surface area (Å²) in [5, 5.41) is 3.87. The summed E-state index contributed by atoms with van der Waals surface area (Å²) >= 11 is 3.04. The molecule has 6 heteroatoms. The second kappa shape index (κ2) is 8.10. The van der Waals surface area contributed by atoms with E-state index in [2.05, 4.69) is 0 Å². The Bertz CT molecular complexity index is 537. The van der Waals surface area contributed by atoms with Gasteiger partial charge in [0.25, 0.3) is 0 Å². The SMILES string of the molecule is CCOC(=O)C(C(=O)OCC)C(c1cccs1)c1cccs1. The van der Waals surface area contributed by atoms with E-state index in [-0.39, 0.29) is 19.1 Å². The molecule has 4 nitrogen and oxygen atoms in total. The average Bonchev–Trinajstić information content (AvgIpc) is 3.18. The van der Waals surface area contributed by atoms with E-state index < -0.39 is 17.9 Å². The maximum atomic E-state index is 12.4. The number of ether oxygens (including phenoxy) is 2. The van der Waals surface area contributed by atoms with Gasteiger partial charge in [0.05, 0.1) is 19.1 Å². The third-order valence-electron chi connectivity index (χ3n) is 3.11. The first-order chi connectivity index (χ1) is 10.7. The fourth-order valence-electron chi connectivity index (χ4n) is 2.24. The molecule has 0 saturated heterocycles. The van der Waals surface area contributed by atoms with Crippen molar-refractivity contribution in [1.29, 1.82) is 0 Å². The van der Waals surface area contributed by atoms with Gasteiger partial charge in [-0.15, -0.1) is 22.7 Å². The van der Waals surface area contributed by atoms with Crippen molar-refractivity contribution in [2.45, 2.75) is 19.8 Å². The molecule has 0 radical (unpaired) electrons. The fraction of sp³-hybridized carbons (Fsp3) is 0.375. The highest BCUT2D eigenvalue weighted by molar-refractivity contribution is 7.11. The van der Waals surface area contributed by atoms with E-state index in [0.29, 0.717) is 0 Å². The molecule has 0 bridgehead atoms. The van der Waals surface area contributed by atoms with Gasteiger partial charge in [-0.1, -0.05) is 12.1 Å². The van der Waals surface area contributed by atoms with Gasteiger partial charge in [-0.05, 0) is 36.7 Å². The van der Waals surface area contributed by atoms with Crippen molar-refractivity contribution in [2.24, 2.45) is 5.92 Å². The predicted octanol–water partition coefficient (Wildman–Crippen LogP) is 3.68. The van der Waals surface area contributed by atoms with Gasteiger partial charge in [0.15, 0.2) is 5.92 Å². The molecule has 0 amide bonds. The highest BCUT2D eigenvalue weighted by atomic mass is 32.1. The average molecular weight is 338 g/mol. The normalized spacial score (nSPS) is 10.9. The molecule has 0 unspecified atom stereocenters. The van der Waals surface area contributed by atoms with Crippen molar-refractivity contribution in [3.8, 4) is 0 Å². The first-order valence-electron chi connectivity index (χ1n) is 7.09. The van der Waals surface area contributed by atoms with Crippen LogP contribution < -0.4 is 0 Å². The Kier molecular flexibility index (Phi) is 6.15. The van der Waals surface area contributed by atoms with Gasteiger partial charge < -0.3 is 9.47 Å². The van der Waals surface area contributed by atoms with Crippen LogP contribution in [0.3, 0.4) is 0 Å². The molecular weight excluding hydrogens is 320 g/mol. The van der Waals surface area contributed by atoms with Gasteiger partial charge in [-0.2, -0.15) is 0 Å². The highest BCUT2D eigenvalue weighted by Crippen LogP contribution is 2.38. The minimum absolute atomic E-state index is 0.232. The molecule has 0 aliphatic heterocycles. The largest absolute Gasteiger partial charge is 0.465 e. The monoisotopic (exact) mass is 338 g/mol. The lowest BCUT2D eigenvalue weighted by molar-refractivity contribution is -0.162. The molecule has 0 aliphatic carbocycles. The van der Waals surface area contributed by atoms with Crippen molar-refractivity contribution >= 4 is 34.6 Å². The Morgan fingerprint density at radius 2 is 1.41 bits per heavy atom. The molecule has 0 aliphatic rings. The summed E-state index contributed by atoms with van der Waals surface area (Å²) in [4.78, 5) is 26.7. The van der Waals surface area contributed by atoms with Crippen LogP contribution in [0.4, 0.5) is 0 Å². The van der Waals surface area contributed by atoms with Crippen LogP contribution in [0.2, 0.25) is 0 Å².